The third kappa shape index (κ3) is 2.41. The van der Waals surface area contributed by atoms with E-state index in [1.54, 1.807) is 18.3 Å². The van der Waals surface area contributed by atoms with Crippen molar-refractivity contribution in [3.63, 3.8) is 0 Å². The van der Waals surface area contributed by atoms with E-state index in [0.717, 1.165) is 5.22 Å². The Morgan fingerprint density at radius 3 is 3.00 bits per heavy atom. The molecule has 0 radical (unpaired) electrons. The number of hydrogen-bond donors (Lipinski definition) is 1. The molecule has 0 aromatic carbocycles. The molecule has 3 rings (SSSR count). The molecule has 1 saturated heterocycles. The Kier molecular flexibility index (Phi) is 3.88. The molecular formula is C14H17FN2O4. The normalized spacial score (nSPS) is 35.2. The quantitative estimate of drug-likeness (QED) is 0.800. The van der Waals surface area contributed by atoms with Gasteiger partial charge in [0, 0.05) is 25.6 Å². The molecule has 1 fully saturated rings. The van der Waals surface area contributed by atoms with E-state index in [1.165, 1.54) is 14.2 Å². The van der Waals surface area contributed by atoms with Crippen molar-refractivity contribution < 1.29 is 23.4 Å². The van der Waals surface area contributed by atoms with E-state index in [1.807, 2.05) is 0 Å². The lowest BCUT2D eigenvalue weighted by molar-refractivity contribution is -0.125. The summed E-state index contributed by atoms with van der Waals surface area (Å²) in [5.74, 6) is -1.16. The van der Waals surface area contributed by atoms with Crippen LogP contribution in [0.25, 0.3) is 6.08 Å². The van der Waals surface area contributed by atoms with Crippen molar-refractivity contribution in [1.29, 1.82) is 0 Å². The molecule has 21 heavy (non-hydrogen) atoms. The summed E-state index contributed by atoms with van der Waals surface area (Å²) in [4.78, 5) is 18.9. The van der Waals surface area contributed by atoms with Crippen LogP contribution in [0.1, 0.15) is 0 Å². The maximum absolute atomic E-state index is 14.6. The molecule has 1 aromatic rings. The van der Waals surface area contributed by atoms with Gasteiger partial charge in [-0.3, -0.25) is 4.79 Å². The smallest absolute Gasteiger partial charge is 0.257 e. The van der Waals surface area contributed by atoms with Gasteiger partial charge in [0.1, 0.15) is 23.8 Å². The Morgan fingerprint density at radius 1 is 1.48 bits per heavy atom. The first-order valence-corrected chi connectivity index (χ1v) is 6.74. The van der Waals surface area contributed by atoms with Gasteiger partial charge in [-0.1, -0.05) is 6.08 Å². The van der Waals surface area contributed by atoms with Crippen LogP contribution in [0.2, 0.25) is 0 Å². The van der Waals surface area contributed by atoms with E-state index in [0.29, 0.717) is 5.49 Å². The summed E-state index contributed by atoms with van der Waals surface area (Å²) in [5, 5.41) is 0.777. The number of carbonyl (C=O) groups is 1. The van der Waals surface area contributed by atoms with Gasteiger partial charge in [-0.2, -0.15) is 4.99 Å². The van der Waals surface area contributed by atoms with Crippen LogP contribution < -0.4 is 10.7 Å². The van der Waals surface area contributed by atoms with E-state index < -0.39 is 36.3 Å². The van der Waals surface area contributed by atoms with Crippen LogP contribution in [0.15, 0.2) is 17.3 Å². The van der Waals surface area contributed by atoms with Crippen molar-refractivity contribution in [2.24, 2.45) is 10.9 Å². The second-order valence-corrected chi connectivity index (χ2v) is 5.16. The molecular weight excluding hydrogens is 279 g/mol. The molecule has 114 valence electrons. The number of carbonyl (C=O) groups excluding carboxylic acids is 1. The summed E-state index contributed by atoms with van der Waals surface area (Å²) < 4.78 is 30.4. The van der Waals surface area contributed by atoms with Crippen molar-refractivity contribution in [1.82, 2.24) is 4.98 Å². The number of aromatic nitrogens is 1. The molecule has 0 spiro atoms. The Morgan fingerprint density at radius 2 is 2.29 bits per heavy atom. The summed E-state index contributed by atoms with van der Waals surface area (Å²) in [6.07, 6.45) is -0.211. The Labute approximate surface area is 120 Å². The standard InChI is InChI=1S/C14H17FN2O4/c1-19-6-9-12(20-2)10(15)11(21-9)8-5-7-3-4-16-13(7)17-14(8)18/h3-5,8-12H,6H2,1-2H3,(H,16,17,18)/t8?,9-,10-,11+,12?/m1/s1. The van der Waals surface area contributed by atoms with Crippen LogP contribution in [-0.4, -0.2) is 56.2 Å². The fourth-order valence-corrected chi connectivity index (χ4v) is 2.90. The number of ether oxygens (including phenoxy) is 3. The monoisotopic (exact) mass is 296 g/mol. The highest BCUT2D eigenvalue weighted by molar-refractivity contribution is 5.86. The second kappa shape index (κ2) is 5.67. The highest BCUT2D eigenvalue weighted by atomic mass is 19.1. The van der Waals surface area contributed by atoms with Crippen LogP contribution in [0.3, 0.4) is 0 Å². The summed E-state index contributed by atoms with van der Waals surface area (Å²) in [5.41, 5.74) is 0.501. The number of hydrogen-bond acceptors (Lipinski definition) is 4. The molecule has 1 aromatic heterocycles. The Balaban J connectivity index is 1.89. The maximum atomic E-state index is 14.6. The van der Waals surface area contributed by atoms with Crippen molar-refractivity contribution in [3.8, 4) is 0 Å². The number of alkyl halides is 1. The number of H-pyrrole nitrogens is 1. The summed E-state index contributed by atoms with van der Waals surface area (Å²) in [6.45, 7) is 0.211. The van der Waals surface area contributed by atoms with Crippen molar-refractivity contribution in [2.75, 3.05) is 20.8 Å². The van der Waals surface area contributed by atoms with Crippen molar-refractivity contribution in [2.45, 2.75) is 24.5 Å². The first kappa shape index (κ1) is 14.4. The number of amides is 1. The highest BCUT2D eigenvalue weighted by Gasteiger charge is 2.50. The van der Waals surface area contributed by atoms with Gasteiger partial charge in [-0.25, -0.2) is 4.39 Å². The van der Waals surface area contributed by atoms with Gasteiger partial charge < -0.3 is 19.2 Å². The molecule has 2 unspecified atom stereocenters. The predicted molar refractivity (Wildman–Crippen MR) is 70.8 cm³/mol. The van der Waals surface area contributed by atoms with Gasteiger partial charge in [0.2, 0.25) is 0 Å². The average molecular weight is 296 g/mol. The molecule has 3 heterocycles. The lowest BCUT2D eigenvalue weighted by atomic mass is 9.94. The van der Waals surface area contributed by atoms with E-state index in [2.05, 4.69) is 9.98 Å². The summed E-state index contributed by atoms with van der Waals surface area (Å²) in [7, 11) is 2.93. The second-order valence-electron chi connectivity index (χ2n) is 5.16. The van der Waals surface area contributed by atoms with E-state index in [-0.39, 0.29) is 6.61 Å². The third-order valence-corrected chi connectivity index (χ3v) is 3.91. The van der Waals surface area contributed by atoms with Crippen molar-refractivity contribution in [3.05, 3.63) is 23.0 Å². The largest absolute Gasteiger partial charge is 0.382 e. The number of methoxy groups -OCH3 is 2. The first-order chi connectivity index (χ1) is 10.2. The van der Waals surface area contributed by atoms with E-state index in [4.69, 9.17) is 14.2 Å². The summed E-state index contributed by atoms with van der Waals surface area (Å²) in [6, 6.07) is 1.79. The number of nitrogens with zero attached hydrogens (tertiary/aromatic N) is 1. The van der Waals surface area contributed by atoms with Gasteiger partial charge in [-0.15, -0.1) is 0 Å². The lowest BCUT2D eigenvalue weighted by Crippen LogP contribution is -2.41. The fourth-order valence-electron chi connectivity index (χ4n) is 2.90. The van der Waals surface area contributed by atoms with Gasteiger partial charge >= 0.3 is 0 Å². The Bertz CT molecular complexity index is 644. The van der Waals surface area contributed by atoms with Crippen LogP contribution in [0.4, 0.5) is 4.39 Å². The van der Waals surface area contributed by atoms with E-state index in [9.17, 15) is 9.18 Å². The zero-order chi connectivity index (χ0) is 15.0. The highest BCUT2D eigenvalue weighted by Crippen LogP contribution is 2.32. The van der Waals surface area contributed by atoms with Crippen LogP contribution in [-0.2, 0) is 19.0 Å². The molecule has 2 aliphatic heterocycles. The Hall–Kier alpha value is -1.57. The minimum Gasteiger partial charge on any atom is -0.382 e. The number of aromatic amines is 1. The molecule has 0 saturated carbocycles. The van der Waals surface area contributed by atoms with Gasteiger partial charge in [-0.05, 0) is 6.07 Å². The molecule has 7 heteroatoms. The van der Waals surface area contributed by atoms with E-state index >= 15 is 0 Å². The minimum absolute atomic E-state index is 0.211. The number of halogens is 1. The molecule has 6 nitrogen and oxygen atoms in total. The summed E-state index contributed by atoms with van der Waals surface area (Å²) >= 11 is 0. The molecule has 2 aliphatic rings. The van der Waals surface area contributed by atoms with Crippen molar-refractivity contribution >= 4 is 12.0 Å². The third-order valence-electron chi connectivity index (χ3n) is 3.91. The van der Waals surface area contributed by atoms with Crippen LogP contribution in [0, 0.1) is 5.92 Å². The maximum Gasteiger partial charge on any atom is 0.257 e. The molecule has 0 aliphatic carbocycles. The molecule has 0 bridgehead atoms. The predicted octanol–water partition coefficient (Wildman–Crippen LogP) is -0.662. The number of nitrogens with one attached hydrogen (secondary N) is 1. The topological polar surface area (TPSA) is 72.9 Å². The number of rotatable bonds is 4. The van der Waals surface area contributed by atoms with Crippen LogP contribution in [0.5, 0.6) is 0 Å². The van der Waals surface area contributed by atoms with Crippen LogP contribution >= 0.6 is 0 Å². The zero-order valence-corrected chi connectivity index (χ0v) is 11.8. The molecule has 5 atom stereocenters. The van der Waals surface area contributed by atoms with Gasteiger partial charge in [0.25, 0.3) is 5.91 Å². The molecule has 1 N–H and O–H groups in total. The minimum atomic E-state index is -1.41. The zero-order valence-electron chi connectivity index (χ0n) is 11.8. The SMILES string of the molecule is COC[C@H]1O[C@@H](C2C=c3cc[nH]c3=NC2=O)[C@@H](F)C1OC. The lowest BCUT2D eigenvalue weighted by Gasteiger charge is -2.20. The number of fused-ring (bicyclic) bond motifs is 1. The fraction of sp³-hybridized carbons (Fsp3) is 0.571. The molecule has 1 amide bonds. The van der Waals surface area contributed by atoms with Gasteiger partial charge in [0.15, 0.2) is 6.17 Å². The van der Waals surface area contributed by atoms with Gasteiger partial charge in [0.05, 0.1) is 12.5 Å². The first-order valence-electron chi connectivity index (χ1n) is 6.74. The average Bonchev–Trinajstić information content (AvgIpc) is 3.02.